The monoisotopic (exact) mass is 200 g/mol. The van der Waals surface area contributed by atoms with Crippen molar-refractivity contribution >= 4 is 6.47 Å². The van der Waals surface area contributed by atoms with E-state index in [-0.39, 0.29) is 0 Å². The second-order valence-corrected chi connectivity index (χ2v) is 4.03. The molecule has 0 aromatic carbocycles. The summed E-state index contributed by atoms with van der Waals surface area (Å²) in [5.74, 6) is 0.566. The van der Waals surface area contributed by atoms with E-state index in [1.165, 1.54) is 0 Å². The van der Waals surface area contributed by atoms with Gasteiger partial charge in [0, 0.05) is 0 Å². The molecule has 0 amide bonds. The van der Waals surface area contributed by atoms with E-state index in [1.54, 1.807) is 6.92 Å². The van der Waals surface area contributed by atoms with Gasteiger partial charge in [-0.05, 0) is 32.1 Å². The van der Waals surface area contributed by atoms with Gasteiger partial charge in [-0.3, -0.25) is 4.79 Å². The lowest BCUT2D eigenvalue weighted by Crippen LogP contribution is -2.22. The normalized spacial score (nSPS) is 37.1. The Balaban J connectivity index is 1.62. The standard InChI is InChI=1S/C10H16O4/c1-7(13-6-11)12-5-8-2-3-9-10(4-8)14-9/h6-10H,2-5H2,1H3. The summed E-state index contributed by atoms with van der Waals surface area (Å²) in [6, 6.07) is 0. The van der Waals surface area contributed by atoms with Crippen molar-refractivity contribution in [3.63, 3.8) is 0 Å². The molecular weight excluding hydrogens is 184 g/mol. The maximum absolute atomic E-state index is 10.0. The van der Waals surface area contributed by atoms with Gasteiger partial charge in [-0.2, -0.15) is 0 Å². The minimum Gasteiger partial charge on any atom is -0.438 e. The van der Waals surface area contributed by atoms with Crippen LogP contribution in [0.5, 0.6) is 0 Å². The molecule has 1 saturated carbocycles. The number of carbonyl (C=O) groups is 1. The van der Waals surface area contributed by atoms with Gasteiger partial charge >= 0.3 is 0 Å². The molecule has 0 spiro atoms. The summed E-state index contributed by atoms with van der Waals surface area (Å²) in [6.45, 7) is 2.82. The van der Waals surface area contributed by atoms with Crippen LogP contribution < -0.4 is 0 Å². The summed E-state index contributed by atoms with van der Waals surface area (Å²) in [4.78, 5) is 10.0. The predicted octanol–water partition coefficient (Wildman–Crippen LogP) is 1.09. The van der Waals surface area contributed by atoms with E-state index < -0.39 is 6.29 Å². The zero-order valence-electron chi connectivity index (χ0n) is 8.35. The molecule has 2 rings (SSSR count). The minimum absolute atomic E-state index is 0.422. The third-order valence-electron chi connectivity index (χ3n) is 2.93. The molecule has 0 aromatic rings. The van der Waals surface area contributed by atoms with Crippen LogP contribution in [0.4, 0.5) is 0 Å². The van der Waals surface area contributed by atoms with Crippen LogP contribution in [0.2, 0.25) is 0 Å². The molecule has 0 bridgehead atoms. The molecule has 80 valence electrons. The van der Waals surface area contributed by atoms with Crippen molar-refractivity contribution in [2.75, 3.05) is 6.61 Å². The lowest BCUT2D eigenvalue weighted by molar-refractivity contribution is -0.162. The molecule has 14 heavy (non-hydrogen) atoms. The highest BCUT2D eigenvalue weighted by molar-refractivity contribution is 5.37. The first-order valence-electron chi connectivity index (χ1n) is 5.15. The second-order valence-electron chi connectivity index (χ2n) is 4.03. The van der Waals surface area contributed by atoms with Gasteiger partial charge in [-0.25, -0.2) is 0 Å². The highest BCUT2D eigenvalue weighted by Crippen LogP contribution is 2.39. The van der Waals surface area contributed by atoms with Gasteiger partial charge in [0.2, 0.25) is 0 Å². The molecule has 2 aliphatic rings. The molecule has 1 aliphatic heterocycles. The Bertz CT molecular complexity index is 206. The summed E-state index contributed by atoms with van der Waals surface area (Å²) in [7, 11) is 0. The lowest BCUT2D eigenvalue weighted by Gasteiger charge is -2.20. The van der Waals surface area contributed by atoms with Crippen LogP contribution in [0.25, 0.3) is 0 Å². The van der Waals surface area contributed by atoms with Gasteiger partial charge in [0.15, 0.2) is 6.29 Å². The third kappa shape index (κ3) is 2.45. The van der Waals surface area contributed by atoms with Crippen molar-refractivity contribution in [3.05, 3.63) is 0 Å². The SMILES string of the molecule is CC(OC=O)OCC1CCC2OC2C1. The van der Waals surface area contributed by atoms with Crippen molar-refractivity contribution in [1.82, 2.24) is 0 Å². The fourth-order valence-electron chi connectivity index (χ4n) is 2.03. The number of rotatable bonds is 5. The van der Waals surface area contributed by atoms with Gasteiger partial charge in [-0.1, -0.05) is 0 Å². The molecule has 0 radical (unpaired) electrons. The molecular formula is C10H16O4. The van der Waals surface area contributed by atoms with Crippen LogP contribution in [0, 0.1) is 5.92 Å². The van der Waals surface area contributed by atoms with Crippen LogP contribution in [-0.2, 0) is 19.0 Å². The Morgan fingerprint density at radius 3 is 3.07 bits per heavy atom. The average Bonchev–Trinajstić information content (AvgIpc) is 2.93. The molecule has 4 unspecified atom stereocenters. The summed E-state index contributed by atoms with van der Waals surface area (Å²) < 4.78 is 15.4. The molecule has 1 aliphatic carbocycles. The van der Waals surface area contributed by atoms with Crippen LogP contribution >= 0.6 is 0 Å². The zero-order chi connectivity index (χ0) is 9.97. The zero-order valence-corrected chi connectivity index (χ0v) is 8.35. The van der Waals surface area contributed by atoms with Gasteiger partial charge in [0.25, 0.3) is 6.47 Å². The highest BCUT2D eigenvalue weighted by atomic mass is 16.7. The van der Waals surface area contributed by atoms with Crippen LogP contribution in [0.15, 0.2) is 0 Å². The number of ether oxygens (including phenoxy) is 3. The first-order chi connectivity index (χ1) is 6.79. The van der Waals surface area contributed by atoms with Crippen molar-refractivity contribution in [2.45, 2.75) is 44.7 Å². The van der Waals surface area contributed by atoms with E-state index in [4.69, 9.17) is 9.47 Å². The minimum atomic E-state index is -0.426. The lowest BCUT2D eigenvalue weighted by atomic mass is 9.90. The molecule has 4 atom stereocenters. The molecule has 4 heteroatoms. The first-order valence-corrected chi connectivity index (χ1v) is 5.15. The molecule has 1 saturated heterocycles. The topological polar surface area (TPSA) is 48.1 Å². The van der Waals surface area contributed by atoms with Crippen molar-refractivity contribution in [2.24, 2.45) is 5.92 Å². The number of epoxide rings is 1. The fourth-order valence-corrected chi connectivity index (χ4v) is 2.03. The van der Waals surface area contributed by atoms with Crippen molar-refractivity contribution in [1.29, 1.82) is 0 Å². The summed E-state index contributed by atoms with van der Waals surface area (Å²) in [6.07, 6.45) is 4.01. The van der Waals surface area contributed by atoms with Crippen LogP contribution in [-0.4, -0.2) is 31.6 Å². The van der Waals surface area contributed by atoms with Gasteiger partial charge < -0.3 is 14.2 Å². The Hall–Kier alpha value is -0.610. The quantitative estimate of drug-likeness (QED) is 0.378. The van der Waals surface area contributed by atoms with Crippen molar-refractivity contribution < 1.29 is 19.0 Å². The van der Waals surface area contributed by atoms with E-state index in [0.29, 0.717) is 31.2 Å². The fraction of sp³-hybridized carbons (Fsp3) is 0.900. The molecule has 1 heterocycles. The summed E-state index contributed by atoms with van der Waals surface area (Å²) >= 11 is 0. The Morgan fingerprint density at radius 1 is 1.50 bits per heavy atom. The maximum atomic E-state index is 10.0. The Morgan fingerprint density at radius 2 is 2.36 bits per heavy atom. The summed E-state index contributed by atoms with van der Waals surface area (Å²) in [5, 5.41) is 0. The van der Waals surface area contributed by atoms with Crippen LogP contribution in [0.3, 0.4) is 0 Å². The smallest absolute Gasteiger partial charge is 0.295 e. The molecule has 4 nitrogen and oxygen atoms in total. The maximum Gasteiger partial charge on any atom is 0.295 e. The largest absolute Gasteiger partial charge is 0.438 e. The average molecular weight is 200 g/mol. The molecule has 0 N–H and O–H groups in total. The predicted molar refractivity (Wildman–Crippen MR) is 48.6 cm³/mol. The number of hydrogen-bond donors (Lipinski definition) is 0. The summed E-state index contributed by atoms with van der Waals surface area (Å²) in [5.41, 5.74) is 0. The molecule has 0 aromatic heterocycles. The Kier molecular flexibility index (Phi) is 3.03. The number of carbonyl (C=O) groups excluding carboxylic acids is 1. The number of fused-ring (bicyclic) bond motifs is 1. The van der Waals surface area contributed by atoms with Gasteiger partial charge in [0.1, 0.15) is 0 Å². The van der Waals surface area contributed by atoms with Gasteiger partial charge in [0.05, 0.1) is 18.8 Å². The molecule has 2 fully saturated rings. The van der Waals surface area contributed by atoms with Crippen LogP contribution in [0.1, 0.15) is 26.2 Å². The third-order valence-corrected chi connectivity index (χ3v) is 2.93. The van der Waals surface area contributed by atoms with E-state index in [9.17, 15) is 4.79 Å². The first kappa shape index (κ1) is 9.93. The van der Waals surface area contributed by atoms with Crippen molar-refractivity contribution in [3.8, 4) is 0 Å². The van der Waals surface area contributed by atoms with E-state index in [0.717, 1.165) is 19.3 Å². The van der Waals surface area contributed by atoms with E-state index in [1.807, 2.05) is 0 Å². The van der Waals surface area contributed by atoms with Gasteiger partial charge in [-0.15, -0.1) is 0 Å². The van der Waals surface area contributed by atoms with E-state index in [2.05, 4.69) is 4.74 Å². The number of hydrogen-bond acceptors (Lipinski definition) is 4. The highest BCUT2D eigenvalue weighted by Gasteiger charge is 2.43. The Labute approximate surface area is 83.5 Å². The van der Waals surface area contributed by atoms with E-state index >= 15 is 0 Å². The second kappa shape index (κ2) is 4.28.